The van der Waals surface area contributed by atoms with Crippen molar-refractivity contribution in [1.82, 2.24) is 9.97 Å². The maximum absolute atomic E-state index is 13.0. The molecule has 6 heteroatoms. The molecule has 152 valence electrons. The van der Waals surface area contributed by atoms with Gasteiger partial charge >= 0.3 is 0 Å². The van der Waals surface area contributed by atoms with Crippen LogP contribution in [0.2, 0.25) is 0 Å². The number of halogens is 1. The third-order valence-corrected chi connectivity index (χ3v) is 7.22. The van der Waals surface area contributed by atoms with Crippen molar-refractivity contribution in [3.8, 4) is 17.1 Å². The van der Waals surface area contributed by atoms with Gasteiger partial charge in [-0.25, -0.2) is 4.98 Å². The third-order valence-electron chi connectivity index (χ3n) is 5.54. The molecule has 0 radical (unpaired) electrons. The van der Waals surface area contributed by atoms with Crippen LogP contribution >= 0.6 is 27.3 Å². The number of thiophene rings is 1. The van der Waals surface area contributed by atoms with Crippen LogP contribution in [-0.2, 0) is 19.4 Å². The number of ether oxygens (including phenoxy) is 1. The first kappa shape index (κ1) is 19.5. The van der Waals surface area contributed by atoms with Gasteiger partial charge in [-0.1, -0.05) is 45.8 Å². The SMILES string of the molecule is Cc1ccc(COc2ccc(Br)cc2-c2nc3sc4c(c3c(=O)[nH]2)CCCC4)cc1. The molecule has 5 rings (SSSR count). The van der Waals surface area contributed by atoms with Crippen LogP contribution in [0.4, 0.5) is 0 Å². The van der Waals surface area contributed by atoms with E-state index < -0.39 is 0 Å². The average molecular weight is 481 g/mol. The maximum Gasteiger partial charge on any atom is 0.260 e. The van der Waals surface area contributed by atoms with Crippen LogP contribution in [0.5, 0.6) is 5.75 Å². The van der Waals surface area contributed by atoms with Crippen molar-refractivity contribution in [2.24, 2.45) is 0 Å². The number of H-pyrrole nitrogens is 1. The molecule has 4 nitrogen and oxygen atoms in total. The van der Waals surface area contributed by atoms with Crippen LogP contribution in [0.25, 0.3) is 21.6 Å². The smallest absolute Gasteiger partial charge is 0.260 e. The lowest BCUT2D eigenvalue weighted by Crippen LogP contribution is -2.11. The Bertz CT molecular complexity index is 1290. The van der Waals surface area contributed by atoms with Crippen molar-refractivity contribution in [1.29, 1.82) is 0 Å². The summed E-state index contributed by atoms with van der Waals surface area (Å²) in [5.74, 6) is 1.24. The predicted molar refractivity (Wildman–Crippen MR) is 126 cm³/mol. The van der Waals surface area contributed by atoms with Gasteiger partial charge in [-0.05, 0) is 61.9 Å². The predicted octanol–water partition coefficient (Wildman–Crippen LogP) is 6.18. The summed E-state index contributed by atoms with van der Waals surface area (Å²) in [5, 5.41) is 0.774. The topological polar surface area (TPSA) is 55.0 Å². The van der Waals surface area contributed by atoms with Crippen molar-refractivity contribution in [3.05, 3.63) is 78.9 Å². The number of hydrogen-bond donors (Lipinski definition) is 1. The van der Waals surface area contributed by atoms with Crippen molar-refractivity contribution in [3.63, 3.8) is 0 Å². The minimum Gasteiger partial charge on any atom is -0.488 e. The number of aromatic amines is 1. The highest BCUT2D eigenvalue weighted by atomic mass is 79.9. The van der Waals surface area contributed by atoms with E-state index in [0.717, 1.165) is 45.1 Å². The fourth-order valence-corrected chi connectivity index (χ4v) is 5.57. The Morgan fingerprint density at radius 2 is 1.93 bits per heavy atom. The first-order chi connectivity index (χ1) is 14.6. The Morgan fingerprint density at radius 1 is 1.13 bits per heavy atom. The number of rotatable bonds is 4. The molecule has 0 fully saturated rings. The van der Waals surface area contributed by atoms with Gasteiger partial charge in [-0.15, -0.1) is 11.3 Å². The summed E-state index contributed by atoms with van der Waals surface area (Å²) < 4.78 is 7.04. The second kappa shape index (κ2) is 8.00. The molecule has 4 aromatic rings. The second-order valence-corrected chi connectivity index (χ2v) is 9.72. The van der Waals surface area contributed by atoms with Crippen LogP contribution in [0, 0.1) is 6.92 Å². The van der Waals surface area contributed by atoms with Crippen molar-refractivity contribution < 1.29 is 4.74 Å². The van der Waals surface area contributed by atoms with E-state index in [-0.39, 0.29) is 5.56 Å². The second-order valence-electron chi connectivity index (χ2n) is 7.72. The van der Waals surface area contributed by atoms with Gasteiger partial charge < -0.3 is 9.72 Å². The van der Waals surface area contributed by atoms with Crippen molar-refractivity contribution in [2.45, 2.75) is 39.2 Å². The van der Waals surface area contributed by atoms with Gasteiger partial charge in [-0.3, -0.25) is 4.79 Å². The zero-order valence-electron chi connectivity index (χ0n) is 16.6. The molecule has 2 aromatic carbocycles. The molecule has 0 unspecified atom stereocenters. The molecule has 0 saturated carbocycles. The number of aromatic nitrogens is 2. The molecule has 1 aliphatic carbocycles. The van der Waals surface area contributed by atoms with Crippen LogP contribution in [0.1, 0.15) is 34.4 Å². The number of nitrogens with one attached hydrogen (secondary N) is 1. The van der Waals surface area contributed by atoms with Crippen LogP contribution in [-0.4, -0.2) is 9.97 Å². The van der Waals surface area contributed by atoms with Crippen molar-refractivity contribution >= 4 is 37.5 Å². The number of aryl methyl sites for hydroxylation is 3. The largest absolute Gasteiger partial charge is 0.488 e. The Morgan fingerprint density at radius 3 is 2.77 bits per heavy atom. The molecule has 0 atom stereocenters. The lowest BCUT2D eigenvalue weighted by Gasteiger charge is -2.12. The van der Waals surface area contributed by atoms with E-state index in [0.29, 0.717) is 18.2 Å². The average Bonchev–Trinajstić information content (AvgIpc) is 3.13. The van der Waals surface area contributed by atoms with E-state index in [1.165, 1.54) is 22.4 Å². The molecule has 2 heterocycles. The minimum atomic E-state index is -0.0566. The zero-order chi connectivity index (χ0) is 20.7. The Hall–Kier alpha value is -2.44. The number of hydrogen-bond acceptors (Lipinski definition) is 4. The summed E-state index contributed by atoms with van der Waals surface area (Å²) >= 11 is 5.20. The summed E-state index contributed by atoms with van der Waals surface area (Å²) in [5.41, 5.74) is 4.24. The molecule has 0 saturated heterocycles. The van der Waals surface area contributed by atoms with Crippen molar-refractivity contribution in [2.75, 3.05) is 0 Å². The Balaban J connectivity index is 1.54. The molecule has 1 N–H and O–H groups in total. The summed E-state index contributed by atoms with van der Waals surface area (Å²) in [6.45, 7) is 2.52. The van der Waals surface area contributed by atoms with Gasteiger partial charge in [0.15, 0.2) is 0 Å². The first-order valence-corrected chi connectivity index (χ1v) is 11.7. The van der Waals surface area contributed by atoms with Gasteiger partial charge in [0.1, 0.15) is 23.0 Å². The Kier molecular flexibility index (Phi) is 5.21. The van der Waals surface area contributed by atoms with E-state index in [1.807, 2.05) is 18.2 Å². The summed E-state index contributed by atoms with van der Waals surface area (Å²) in [7, 11) is 0. The van der Waals surface area contributed by atoms with Crippen LogP contribution in [0.3, 0.4) is 0 Å². The highest BCUT2D eigenvalue weighted by molar-refractivity contribution is 9.10. The monoisotopic (exact) mass is 480 g/mol. The highest BCUT2D eigenvalue weighted by Crippen LogP contribution is 2.36. The quantitative estimate of drug-likeness (QED) is 0.379. The number of benzene rings is 2. The molecule has 1 aliphatic rings. The lowest BCUT2D eigenvalue weighted by molar-refractivity contribution is 0.307. The molecule has 2 aromatic heterocycles. The summed E-state index contributed by atoms with van der Waals surface area (Å²) in [6, 6.07) is 14.1. The highest BCUT2D eigenvalue weighted by Gasteiger charge is 2.21. The van der Waals surface area contributed by atoms with E-state index in [1.54, 1.807) is 11.3 Å². The summed E-state index contributed by atoms with van der Waals surface area (Å²) in [4.78, 5) is 23.0. The molecule has 0 amide bonds. The summed E-state index contributed by atoms with van der Waals surface area (Å²) in [6.07, 6.45) is 4.35. The molecule has 0 bridgehead atoms. The van der Waals surface area contributed by atoms with Gasteiger partial charge in [-0.2, -0.15) is 0 Å². The zero-order valence-corrected chi connectivity index (χ0v) is 19.0. The van der Waals surface area contributed by atoms with E-state index in [4.69, 9.17) is 9.72 Å². The van der Waals surface area contributed by atoms with E-state index in [2.05, 4.69) is 52.1 Å². The van der Waals surface area contributed by atoms with Gasteiger partial charge in [0, 0.05) is 9.35 Å². The number of nitrogens with zero attached hydrogens (tertiary/aromatic N) is 1. The van der Waals surface area contributed by atoms with Gasteiger partial charge in [0.25, 0.3) is 5.56 Å². The van der Waals surface area contributed by atoms with E-state index >= 15 is 0 Å². The van der Waals surface area contributed by atoms with Crippen LogP contribution < -0.4 is 10.3 Å². The normalized spacial score (nSPS) is 13.4. The third kappa shape index (κ3) is 3.70. The lowest BCUT2D eigenvalue weighted by atomic mass is 9.97. The number of fused-ring (bicyclic) bond motifs is 3. The fourth-order valence-electron chi connectivity index (χ4n) is 3.95. The van der Waals surface area contributed by atoms with Crippen LogP contribution in [0.15, 0.2) is 51.7 Å². The van der Waals surface area contributed by atoms with E-state index in [9.17, 15) is 4.79 Å². The molecule has 0 aliphatic heterocycles. The maximum atomic E-state index is 13.0. The first-order valence-electron chi connectivity index (χ1n) is 10.1. The molecular formula is C24H21BrN2O2S. The molecule has 0 spiro atoms. The molecule has 30 heavy (non-hydrogen) atoms. The standard InChI is InChI=1S/C24H21BrN2O2S/c1-14-6-8-15(9-7-14)13-29-19-11-10-16(25)12-18(19)22-26-23(28)21-17-4-2-3-5-20(17)30-24(21)27-22/h6-12H,2-5,13H2,1H3,(H,26,27,28). The Labute approximate surface area is 187 Å². The molecular weight excluding hydrogens is 460 g/mol. The van der Waals surface area contributed by atoms with Gasteiger partial charge in [0.2, 0.25) is 0 Å². The minimum absolute atomic E-state index is 0.0566. The van der Waals surface area contributed by atoms with Gasteiger partial charge in [0.05, 0.1) is 10.9 Å². The fraction of sp³-hybridized carbons (Fsp3) is 0.250.